The average Bonchev–Trinajstić information content (AvgIpc) is 3.02. The van der Waals surface area contributed by atoms with Crippen molar-refractivity contribution in [2.45, 2.75) is 33.6 Å². The Bertz CT molecular complexity index is 822. The number of piperazine rings is 1. The molecule has 0 atom stereocenters. The summed E-state index contributed by atoms with van der Waals surface area (Å²) in [5.74, 6) is 0.290. The molecule has 2 aromatic rings. The van der Waals surface area contributed by atoms with Crippen LogP contribution in [0.1, 0.15) is 27.8 Å². The van der Waals surface area contributed by atoms with Gasteiger partial charge < -0.3 is 14.4 Å². The van der Waals surface area contributed by atoms with Crippen LogP contribution in [0.3, 0.4) is 0 Å². The molecule has 2 heterocycles. The standard InChI is InChI=1S/C22H29N3O2/c1-16-11-17(2)20(18(3)12-16)14-22(27)25-9-7-24(8-10-25)21(26)13-19-5-6-23(4)15-19/h5-6,11-12,15H,7-10,13-14H2,1-4H3. The Morgan fingerprint density at radius 3 is 1.89 bits per heavy atom. The molecule has 0 spiro atoms. The Morgan fingerprint density at radius 2 is 1.41 bits per heavy atom. The van der Waals surface area contributed by atoms with Crippen molar-refractivity contribution in [1.29, 1.82) is 0 Å². The number of nitrogens with zero attached hydrogens (tertiary/aromatic N) is 3. The van der Waals surface area contributed by atoms with Gasteiger partial charge in [-0.2, -0.15) is 0 Å². The first-order valence-electron chi connectivity index (χ1n) is 9.56. The lowest BCUT2D eigenvalue weighted by atomic mass is 9.97. The first kappa shape index (κ1) is 19.2. The van der Waals surface area contributed by atoms with Gasteiger partial charge in [-0.05, 0) is 49.1 Å². The molecule has 0 aliphatic carbocycles. The molecule has 0 bridgehead atoms. The number of carbonyl (C=O) groups excluding carboxylic acids is 2. The van der Waals surface area contributed by atoms with Gasteiger partial charge in [0.1, 0.15) is 0 Å². The van der Waals surface area contributed by atoms with E-state index in [2.05, 4.69) is 32.9 Å². The topological polar surface area (TPSA) is 45.6 Å². The van der Waals surface area contributed by atoms with Crippen LogP contribution in [0.4, 0.5) is 0 Å². The first-order chi connectivity index (χ1) is 12.8. The summed E-state index contributed by atoms with van der Waals surface area (Å²) in [6, 6.07) is 6.25. The summed E-state index contributed by atoms with van der Waals surface area (Å²) < 4.78 is 1.95. The number of hydrogen-bond donors (Lipinski definition) is 0. The zero-order valence-electron chi connectivity index (χ0n) is 16.8. The van der Waals surface area contributed by atoms with E-state index in [0.29, 0.717) is 39.0 Å². The van der Waals surface area contributed by atoms with Gasteiger partial charge in [-0.3, -0.25) is 9.59 Å². The molecule has 0 N–H and O–H groups in total. The maximum Gasteiger partial charge on any atom is 0.227 e. The van der Waals surface area contributed by atoms with E-state index in [1.807, 2.05) is 39.9 Å². The van der Waals surface area contributed by atoms with Gasteiger partial charge in [-0.15, -0.1) is 0 Å². The van der Waals surface area contributed by atoms with E-state index >= 15 is 0 Å². The van der Waals surface area contributed by atoms with Crippen LogP contribution in [0.2, 0.25) is 0 Å². The first-order valence-corrected chi connectivity index (χ1v) is 9.56. The highest BCUT2D eigenvalue weighted by Gasteiger charge is 2.24. The second kappa shape index (κ2) is 7.99. The van der Waals surface area contributed by atoms with E-state index in [1.165, 1.54) is 16.7 Å². The van der Waals surface area contributed by atoms with Crippen LogP contribution < -0.4 is 0 Å². The number of rotatable bonds is 4. The molecule has 0 radical (unpaired) electrons. The van der Waals surface area contributed by atoms with Gasteiger partial charge in [-0.1, -0.05) is 17.7 Å². The van der Waals surface area contributed by atoms with E-state index in [1.54, 1.807) is 0 Å². The lowest BCUT2D eigenvalue weighted by molar-refractivity contribution is -0.138. The molecule has 144 valence electrons. The molecular formula is C22H29N3O2. The lowest BCUT2D eigenvalue weighted by Gasteiger charge is -2.35. The molecule has 5 nitrogen and oxygen atoms in total. The quantitative estimate of drug-likeness (QED) is 0.833. The molecule has 1 aromatic heterocycles. The van der Waals surface area contributed by atoms with Crippen molar-refractivity contribution in [1.82, 2.24) is 14.4 Å². The number of hydrogen-bond acceptors (Lipinski definition) is 2. The summed E-state index contributed by atoms with van der Waals surface area (Å²) in [6.07, 6.45) is 4.80. The van der Waals surface area contributed by atoms with Crippen LogP contribution in [-0.4, -0.2) is 52.4 Å². The number of benzene rings is 1. The molecule has 1 aliphatic rings. The van der Waals surface area contributed by atoms with Crippen LogP contribution in [0.25, 0.3) is 0 Å². The molecule has 0 unspecified atom stereocenters. The van der Waals surface area contributed by atoms with Gasteiger partial charge in [0.2, 0.25) is 11.8 Å². The summed E-state index contributed by atoms with van der Waals surface area (Å²) in [4.78, 5) is 29.0. The molecule has 27 heavy (non-hydrogen) atoms. The summed E-state index contributed by atoms with van der Waals surface area (Å²) in [7, 11) is 1.95. The highest BCUT2D eigenvalue weighted by atomic mass is 16.2. The van der Waals surface area contributed by atoms with E-state index in [9.17, 15) is 9.59 Å². The minimum atomic E-state index is 0.138. The minimum absolute atomic E-state index is 0.138. The highest BCUT2D eigenvalue weighted by Crippen LogP contribution is 2.18. The molecule has 2 amide bonds. The molecule has 1 aromatic carbocycles. The third-order valence-electron chi connectivity index (χ3n) is 5.40. The highest BCUT2D eigenvalue weighted by molar-refractivity contribution is 5.81. The summed E-state index contributed by atoms with van der Waals surface area (Å²) in [5, 5.41) is 0. The third kappa shape index (κ3) is 4.59. The average molecular weight is 367 g/mol. The largest absolute Gasteiger partial charge is 0.357 e. The Balaban J connectivity index is 1.54. The van der Waals surface area contributed by atoms with Crippen molar-refractivity contribution in [3.8, 4) is 0 Å². The molecule has 5 heteroatoms. The van der Waals surface area contributed by atoms with Crippen LogP contribution in [0.15, 0.2) is 30.6 Å². The van der Waals surface area contributed by atoms with E-state index < -0.39 is 0 Å². The van der Waals surface area contributed by atoms with Gasteiger partial charge in [-0.25, -0.2) is 0 Å². The number of aryl methyl sites for hydroxylation is 4. The van der Waals surface area contributed by atoms with Crippen LogP contribution in [0, 0.1) is 20.8 Å². The fourth-order valence-electron chi connectivity index (χ4n) is 3.91. The molecule has 1 fully saturated rings. The Morgan fingerprint density at radius 1 is 0.889 bits per heavy atom. The van der Waals surface area contributed by atoms with Crippen molar-refractivity contribution in [3.05, 3.63) is 58.4 Å². The van der Waals surface area contributed by atoms with Gasteiger partial charge in [0.15, 0.2) is 0 Å². The monoisotopic (exact) mass is 367 g/mol. The minimum Gasteiger partial charge on any atom is -0.357 e. The van der Waals surface area contributed by atoms with E-state index in [0.717, 1.165) is 11.1 Å². The van der Waals surface area contributed by atoms with Crippen molar-refractivity contribution in [2.75, 3.05) is 26.2 Å². The van der Waals surface area contributed by atoms with Crippen LogP contribution in [-0.2, 0) is 29.5 Å². The third-order valence-corrected chi connectivity index (χ3v) is 5.40. The summed E-state index contributed by atoms with van der Waals surface area (Å²) in [5.41, 5.74) is 5.75. The zero-order chi connectivity index (χ0) is 19.6. The summed E-state index contributed by atoms with van der Waals surface area (Å²) >= 11 is 0. The zero-order valence-corrected chi connectivity index (χ0v) is 16.8. The normalized spacial score (nSPS) is 14.5. The molecular weight excluding hydrogens is 338 g/mol. The van der Waals surface area contributed by atoms with Crippen LogP contribution in [0.5, 0.6) is 0 Å². The SMILES string of the molecule is Cc1cc(C)c(CC(=O)N2CCN(C(=O)Cc3ccn(C)c3)CC2)c(C)c1. The molecule has 1 saturated heterocycles. The fraction of sp³-hybridized carbons (Fsp3) is 0.455. The maximum atomic E-state index is 12.7. The number of amides is 2. The van der Waals surface area contributed by atoms with Crippen LogP contribution >= 0.6 is 0 Å². The predicted octanol–water partition coefficient (Wildman–Crippen LogP) is 2.41. The summed E-state index contributed by atoms with van der Waals surface area (Å²) in [6.45, 7) is 8.68. The van der Waals surface area contributed by atoms with Gasteiger partial charge >= 0.3 is 0 Å². The van der Waals surface area contributed by atoms with Gasteiger partial charge in [0.05, 0.1) is 12.8 Å². The number of carbonyl (C=O) groups is 2. The number of aromatic nitrogens is 1. The Hall–Kier alpha value is -2.56. The predicted molar refractivity (Wildman–Crippen MR) is 107 cm³/mol. The second-order valence-electron chi connectivity index (χ2n) is 7.68. The van der Waals surface area contributed by atoms with Crippen molar-refractivity contribution < 1.29 is 9.59 Å². The maximum absolute atomic E-state index is 12.7. The Labute approximate surface area is 161 Å². The smallest absolute Gasteiger partial charge is 0.227 e. The van der Waals surface area contributed by atoms with Gasteiger partial charge in [0.25, 0.3) is 0 Å². The fourth-order valence-corrected chi connectivity index (χ4v) is 3.91. The second-order valence-corrected chi connectivity index (χ2v) is 7.68. The Kier molecular flexibility index (Phi) is 5.68. The van der Waals surface area contributed by atoms with E-state index in [-0.39, 0.29) is 11.8 Å². The van der Waals surface area contributed by atoms with Crippen molar-refractivity contribution >= 4 is 11.8 Å². The molecule has 0 saturated carbocycles. The lowest BCUT2D eigenvalue weighted by Crippen LogP contribution is -2.51. The van der Waals surface area contributed by atoms with E-state index in [4.69, 9.17) is 0 Å². The van der Waals surface area contributed by atoms with Crippen molar-refractivity contribution in [2.24, 2.45) is 7.05 Å². The van der Waals surface area contributed by atoms with Gasteiger partial charge in [0, 0.05) is 45.6 Å². The van der Waals surface area contributed by atoms with Crippen molar-refractivity contribution in [3.63, 3.8) is 0 Å². The molecule has 3 rings (SSSR count). The molecule has 1 aliphatic heterocycles.